The Labute approximate surface area is 90.9 Å². The number of halogens is 2. The zero-order valence-corrected chi connectivity index (χ0v) is 8.98. The summed E-state index contributed by atoms with van der Waals surface area (Å²) in [5.74, 6) is 2.46. The highest BCUT2D eigenvalue weighted by Gasteiger charge is 2.08. The minimum atomic E-state index is -0.422. The number of terminal acetylenes is 1. The molecule has 0 aliphatic rings. The van der Waals surface area contributed by atoms with Crippen molar-refractivity contribution in [1.82, 2.24) is 15.1 Å². The zero-order valence-electron chi connectivity index (χ0n) is 7.41. The smallest absolute Gasteiger partial charge is 0.207 e. The molecule has 1 heterocycles. The Kier molecular flexibility index (Phi) is 4.80. The van der Waals surface area contributed by atoms with E-state index in [0.717, 1.165) is 5.01 Å². The summed E-state index contributed by atoms with van der Waals surface area (Å²) in [5.41, 5.74) is 0. The van der Waals surface area contributed by atoms with E-state index in [2.05, 4.69) is 16.1 Å². The molecule has 1 aromatic heterocycles. The second-order valence-corrected chi connectivity index (χ2v) is 4.20. The Hall–Kier alpha value is -0.700. The molecule has 76 valence electrons. The quantitative estimate of drug-likeness (QED) is 0.724. The van der Waals surface area contributed by atoms with Gasteiger partial charge in [0.1, 0.15) is 11.7 Å². The van der Waals surface area contributed by atoms with Crippen molar-refractivity contribution in [2.24, 2.45) is 0 Å². The first-order chi connectivity index (χ1) is 6.76. The van der Waals surface area contributed by atoms with Crippen LogP contribution in [0.5, 0.6) is 0 Å². The van der Waals surface area contributed by atoms with Gasteiger partial charge < -0.3 is 0 Å². The molecule has 0 aliphatic carbocycles. The van der Waals surface area contributed by atoms with E-state index in [1.165, 1.54) is 11.3 Å². The molecule has 0 atom stereocenters. The van der Waals surface area contributed by atoms with Gasteiger partial charge in [-0.15, -0.1) is 16.6 Å². The average molecular weight is 234 g/mol. The average Bonchev–Trinajstić information content (AvgIpc) is 2.52. The molecule has 1 aromatic rings. The number of hydrogen-bond donors (Lipinski definition) is 0. The molecule has 0 aliphatic heterocycles. The van der Waals surface area contributed by atoms with Gasteiger partial charge >= 0.3 is 0 Å². The molecular formula is C8H9ClFN3S. The van der Waals surface area contributed by atoms with Crippen LogP contribution in [-0.2, 0) is 6.54 Å². The Morgan fingerprint density at radius 1 is 1.57 bits per heavy atom. The molecule has 0 saturated heterocycles. The van der Waals surface area contributed by atoms with Gasteiger partial charge in [0.25, 0.3) is 0 Å². The molecule has 0 fully saturated rings. The fraction of sp³-hybridized carbons (Fsp3) is 0.500. The molecule has 0 aromatic carbocycles. The third-order valence-corrected chi connectivity index (χ3v) is 2.52. The molecule has 0 radical (unpaired) electrons. The molecule has 1 rings (SSSR count). The fourth-order valence-corrected chi connectivity index (χ4v) is 1.86. The molecule has 0 bridgehead atoms. The Balaban J connectivity index is 2.51. The third-order valence-electron chi connectivity index (χ3n) is 1.52. The summed E-state index contributed by atoms with van der Waals surface area (Å²) in [6, 6.07) is 0. The first-order valence-corrected chi connectivity index (χ1v) is 5.15. The highest BCUT2D eigenvalue weighted by molar-refractivity contribution is 7.15. The van der Waals surface area contributed by atoms with Gasteiger partial charge in [-0.1, -0.05) is 17.3 Å². The van der Waals surface area contributed by atoms with E-state index in [4.69, 9.17) is 18.0 Å². The second kappa shape index (κ2) is 5.91. The van der Waals surface area contributed by atoms with E-state index in [1.807, 2.05) is 0 Å². The number of hydrogen-bond acceptors (Lipinski definition) is 4. The number of alkyl halides is 1. The van der Waals surface area contributed by atoms with Gasteiger partial charge in [-0.3, -0.25) is 4.90 Å². The minimum Gasteiger partial charge on any atom is -0.283 e. The van der Waals surface area contributed by atoms with Crippen LogP contribution in [0, 0.1) is 12.3 Å². The van der Waals surface area contributed by atoms with E-state index in [9.17, 15) is 4.39 Å². The normalized spacial score (nSPS) is 10.4. The number of rotatable bonds is 5. The summed E-state index contributed by atoms with van der Waals surface area (Å²) in [4.78, 5) is 1.77. The lowest BCUT2D eigenvalue weighted by atomic mass is 10.4. The van der Waals surface area contributed by atoms with E-state index < -0.39 is 6.67 Å². The fourth-order valence-electron chi connectivity index (χ4n) is 0.951. The topological polar surface area (TPSA) is 29.0 Å². The van der Waals surface area contributed by atoms with Crippen molar-refractivity contribution in [3.05, 3.63) is 9.47 Å². The molecule has 0 saturated carbocycles. The highest BCUT2D eigenvalue weighted by Crippen LogP contribution is 2.16. The van der Waals surface area contributed by atoms with Crippen LogP contribution in [-0.4, -0.2) is 34.9 Å². The summed E-state index contributed by atoms with van der Waals surface area (Å²) >= 11 is 6.89. The van der Waals surface area contributed by atoms with Crippen LogP contribution >= 0.6 is 22.9 Å². The van der Waals surface area contributed by atoms with Crippen molar-refractivity contribution in [2.75, 3.05) is 19.8 Å². The summed E-state index contributed by atoms with van der Waals surface area (Å²) in [6.07, 6.45) is 5.15. The maximum atomic E-state index is 12.1. The van der Waals surface area contributed by atoms with Crippen LogP contribution < -0.4 is 0 Å². The van der Waals surface area contributed by atoms with E-state index in [-0.39, 0.29) is 0 Å². The molecule has 0 amide bonds. The predicted molar refractivity (Wildman–Crippen MR) is 55.0 cm³/mol. The number of aromatic nitrogens is 2. The summed E-state index contributed by atoms with van der Waals surface area (Å²) in [5, 5.41) is 8.22. The van der Waals surface area contributed by atoms with Crippen molar-refractivity contribution >= 4 is 22.9 Å². The molecule has 0 spiro atoms. The molecule has 14 heavy (non-hydrogen) atoms. The lowest BCUT2D eigenvalue weighted by Gasteiger charge is -2.15. The van der Waals surface area contributed by atoms with Gasteiger partial charge in [0.15, 0.2) is 0 Å². The standard InChI is InChI=1S/C8H9ClFN3S/c1-2-4-13(5-3-10)6-7-11-12-8(9)14-7/h1H,3-6H2. The first kappa shape index (κ1) is 11.4. The Bertz CT molecular complexity index is 323. The van der Waals surface area contributed by atoms with Crippen LogP contribution in [0.3, 0.4) is 0 Å². The lowest BCUT2D eigenvalue weighted by Crippen LogP contribution is -2.25. The van der Waals surface area contributed by atoms with Gasteiger partial charge in [-0.05, 0) is 11.6 Å². The van der Waals surface area contributed by atoms with Gasteiger partial charge in [-0.2, -0.15) is 0 Å². The van der Waals surface area contributed by atoms with Crippen LogP contribution in [0.15, 0.2) is 0 Å². The maximum Gasteiger partial charge on any atom is 0.207 e. The summed E-state index contributed by atoms with van der Waals surface area (Å²) < 4.78 is 12.5. The maximum absolute atomic E-state index is 12.1. The SMILES string of the molecule is C#CCN(CCF)Cc1nnc(Cl)s1. The molecule has 0 N–H and O–H groups in total. The Morgan fingerprint density at radius 2 is 2.36 bits per heavy atom. The van der Waals surface area contributed by atoms with Crippen LogP contribution in [0.25, 0.3) is 0 Å². The zero-order chi connectivity index (χ0) is 10.4. The largest absolute Gasteiger partial charge is 0.283 e. The Morgan fingerprint density at radius 3 is 2.86 bits per heavy atom. The molecular weight excluding hydrogens is 225 g/mol. The first-order valence-electron chi connectivity index (χ1n) is 3.96. The van der Waals surface area contributed by atoms with Crippen LogP contribution in [0.1, 0.15) is 5.01 Å². The van der Waals surface area contributed by atoms with Crippen molar-refractivity contribution < 1.29 is 4.39 Å². The van der Waals surface area contributed by atoms with Crippen molar-refractivity contribution in [3.63, 3.8) is 0 Å². The molecule has 3 nitrogen and oxygen atoms in total. The van der Waals surface area contributed by atoms with Gasteiger partial charge in [-0.25, -0.2) is 4.39 Å². The predicted octanol–water partition coefficient (Wildman–Crippen LogP) is 1.60. The van der Waals surface area contributed by atoms with Gasteiger partial charge in [0.2, 0.25) is 4.47 Å². The third kappa shape index (κ3) is 3.58. The minimum absolute atomic E-state index is 0.307. The van der Waals surface area contributed by atoms with Crippen molar-refractivity contribution in [2.45, 2.75) is 6.54 Å². The summed E-state index contributed by atoms with van der Waals surface area (Å²) in [6.45, 7) is 0.787. The second-order valence-electron chi connectivity index (χ2n) is 2.55. The molecule has 0 unspecified atom stereocenters. The van der Waals surface area contributed by atoms with Gasteiger partial charge in [0, 0.05) is 6.54 Å². The van der Waals surface area contributed by atoms with Crippen molar-refractivity contribution in [1.29, 1.82) is 0 Å². The highest BCUT2D eigenvalue weighted by atomic mass is 35.5. The lowest BCUT2D eigenvalue weighted by molar-refractivity contribution is 0.266. The monoisotopic (exact) mass is 233 g/mol. The van der Waals surface area contributed by atoms with Gasteiger partial charge in [0.05, 0.1) is 13.1 Å². The molecule has 6 heteroatoms. The van der Waals surface area contributed by atoms with Crippen LogP contribution in [0.4, 0.5) is 4.39 Å². The van der Waals surface area contributed by atoms with E-state index >= 15 is 0 Å². The van der Waals surface area contributed by atoms with E-state index in [1.54, 1.807) is 4.90 Å². The number of nitrogens with zero attached hydrogens (tertiary/aromatic N) is 3. The van der Waals surface area contributed by atoms with Crippen molar-refractivity contribution in [3.8, 4) is 12.3 Å². The van der Waals surface area contributed by atoms with E-state index in [0.29, 0.717) is 24.1 Å². The summed E-state index contributed by atoms with van der Waals surface area (Å²) in [7, 11) is 0. The van der Waals surface area contributed by atoms with Crippen LogP contribution in [0.2, 0.25) is 4.47 Å².